The fourth-order valence-electron chi connectivity index (χ4n) is 2.92. The molecule has 0 bridgehead atoms. The average Bonchev–Trinajstić information content (AvgIpc) is 2.39. The normalized spacial score (nSPS) is 23.7. The number of aliphatic imine (C=N–C) groups is 1. The van der Waals surface area contributed by atoms with Gasteiger partial charge in [0.2, 0.25) is 0 Å². The summed E-state index contributed by atoms with van der Waals surface area (Å²) in [5.41, 5.74) is 2.69. The van der Waals surface area contributed by atoms with Crippen molar-refractivity contribution in [3.8, 4) is 5.75 Å². The first kappa shape index (κ1) is 16.0. The van der Waals surface area contributed by atoms with Gasteiger partial charge >= 0.3 is 0 Å². The van der Waals surface area contributed by atoms with Crippen molar-refractivity contribution in [3.63, 3.8) is 0 Å². The molecule has 2 atom stereocenters. The Morgan fingerprint density at radius 1 is 1.19 bits per heavy atom. The van der Waals surface area contributed by atoms with Gasteiger partial charge in [-0.05, 0) is 36.8 Å². The minimum atomic E-state index is -0.343. The van der Waals surface area contributed by atoms with E-state index < -0.39 is 0 Å². The van der Waals surface area contributed by atoms with Crippen LogP contribution < -0.4 is 0 Å². The number of rotatable bonds is 2. The summed E-state index contributed by atoms with van der Waals surface area (Å²) in [5, 5.41) is 20.5. The number of aromatic hydroxyl groups is 1. The molecule has 0 saturated heterocycles. The first-order valence-electron chi connectivity index (χ1n) is 7.84. The molecule has 1 aliphatic rings. The molecule has 2 N–H and O–H groups in total. The second-order valence-corrected chi connectivity index (χ2v) is 7.20. The Balaban J connectivity index is 2.29. The Kier molecular flexibility index (Phi) is 4.72. The lowest BCUT2D eigenvalue weighted by Gasteiger charge is -2.24. The zero-order valence-corrected chi connectivity index (χ0v) is 13.6. The molecule has 0 amide bonds. The largest absolute Gasteiger partial charge is 0.507 e. The summed E-state index contributed by atoms with van der Waals surface area (Å²) in [4.78, 5) is 4.52. The van der Waals surface area contributed by atoms with Crippen molar-refractivity contribution in [1.29, 1.82) is 0 Å². The SMILES string of the molecule is Cc1cc(C=NC2CCCCC2O)c(O)c(C(C)(C)C)c1. The van der Waals surface area contributed by atoms with Crippen LogP contribution in [0.1, 0.15) is 63.1 Å². The van der Waals surface area contributed by atoms with Gasteiger partial charge in [-0.25, -0.2) is 0 Å². The minimum absolute atomic E-state index is 0.0308. The molecule has 3 heteroatoms. The average molecular weight is 289 g/mol. The van der Waals surface area contributed by atoms with Crippen LogP contribution in [-0.4, -0.2) is 28.6 Å². The lowest BCUT2D eigenvalue weighted by atomic mass is 9.84. The van der Waals surface area contributed by atoms with Crippen LogP contribution in [0.3, 0.4) is 0 Å². The zero-order valence-electron chi connectivity index (χ0n) is 13.6. The van der Waals surface area contributed by atoms with E-state index in [1.807, 2.05) is 19.1 Å². The fourth-order valence-corrected chi connectivity index (χ4v) is 2.92. The quantitative estimate of drug-likeness (QED) is 0.815. The van der Waals surface area contributed by atoms with E-state index in [0.29, 0.717) is 5.75 Å². The highest BCUT2D eigenvalue weighted by Gasteiger charge is 2.23. The predicted octanol–water partition coefficient (Wildman–Crippen LogP) is 3.72. The fraction of sp³-hybridized carbons (Fsp3) is 0.611. The molecule has 0 heterocycles. The third kappa shape index (κ3) is 3.85. The Morgan fingerprint density at radius 2 is 1.86 bits per heavy atom. The molecule has 0 aromatic heterocycles. The molecule has 2 unspecified atom stereocenters. The van der Waals surface area contributed by atoms with Crippen LogP contribution in [0.2, 0.25) is 0 Å². The number of aryl methyl sites for hydroxylation is 1. The Labute approximate surface area is 127 Å². The van der Waals surface area contributed by atoms with Crippen molar-refractivity contribution in [1.82, 2.24) is 0 Å². The first-order valence-corrected chi connectivity index (χ1v) is 7.84. The maximum atomic E-state index is 10.5. The van der Waals surface area contributed by atoms with Crippen molar-refractivity contribution in [3.05, 3.63) is 28.8 Å². The highest BCUT2D eigenvalue weighted by atomic mass is 16.3. The molecule has 1 saturated carbocycles. The molecule has 2 rings (SSSR count). The molecule has 0 aliphatic heterocycles. The van der Waals surface area contributed by atoms with Crippen LogP contribution in [0.4, 0.5) is 0 Å². The van der Waals surface area contributed by atoms with Gasteiger partial charge in [0.05, 0.1) is 12.1 Å². The lowest BCUT2D eigenvalue weighted by Crippen LogP contribution is -2.28. The Morgan fingerprint density at radius 3 is 2.48 bits per heavy atom. The molecule has 116 valence electrons. The van der Waals surface area contributed by atoms with E-state index in [4.69, 9.17) is 0 Å². The van der Waals surface area contributed by atoms with Gasteiger partial charge in [0.25, 0.3) is 0 Å². The number of hydrogen-bond acceptors (Lipinski definition) is 3. The highest BCUT2D eigenvalue weighted by molar-refractivity contribution is 5.85. The van der Waals surface area contributed by atoms with Crippen molar-refractivity contribution in [2.45, 2.75) is 70.9 Å². The van der Waals surface area contributed by atoms with Crippen molar-refractivity contribution in [2.75, 3.05) is 0 Å². The van der Waals surface area contributed by atoms with Crippen molar-refractivity contribution in [2.24, 2.45) is 4.99 Å². The summed E-state index contributed by atoms with van der Waals surface area (Å²) in [6, 6.07) is 3.95. The topological polar surface area (TPSA) is 52.8 Å². The van der Waals surface area contributed by atoms with Gasteiger partial charge in [0, 0.05) is 17.3 Å². The molecule has 21 heavy (non-hydrogen) atoms. The molecule has 0 spiro atoms. The van der Waals surface area contributed by atoms with Gasteiger partial charge in [-0.15, -0.1) is 0 Å². The van der Waals surface area contributed by atoms with E-state index in [-0.39, 0.29) is 17.6 Å². The lowest BCUT2D eigenvalue weighted by molar-refractivity contribution is 0.110. The number of phenols is 1. The summed E-state index contributed by atoms with van der Waals surface area (Å²) in [6.07, 6.45) is 5.34. The molecule has 1 fully saturated rings. The third-order valence-electron chi connectivity index (χ3n) is 4.19. The van der Waals surface area contributed by atoms with Crippen LogP contribution in [0.25, 0.3) is 0 Å². The van der Waals surface area contributed by atoms with Gasteiger partial charge in [-0.1, -0.05) is 39.7 Å². The number of phenolic OH excluding ortho intramolecular Hbond substituents is 1. The molecule has 1 aliphatic carbocycles. The maximum absolute atomic E-state index is 10.5. The third-order valence-corrected chi connectivity index (χ3v) is 4.19. The van der Waals surface area contributed by atoms with Gasteiger partial charge < -0.3 is 10.2 Å². The number of hydrogen-bond donors (Lipinski definition) is 2. The monoisotopic (exact) mass is 289 g/mol. The maximum Gasteiger partial charge on any atom is 0.128 e. The summed E-state index contributed by atoms with van der Waals surface area (Å²) < 4.78 is 0. The molecule has 1 aromatic rings. The van der Waals surface area contributed by atoms with E-state index >= 15 is 0 Å². The highest BCUT2D eigenvalue weighted by Crippen LogP contribution is 2.34. The number of aliphatic hydroxyl groups excluding tert-OH is 1. The van der Waals surface area contributed by atoms with Gasteiger partial charge in [0.15, 0.2) is 0 Å². The zero-order chi connectivity index (χ0) is 15.6. The van der Waals surface area contributed by atoms with Crippen molar-refractivity contribution >= 4 is 6.21 Å². The first-order chi connectivity index (χ1) is 9.79. The second kappa shape index (κ2) is 6.18. The van der Waals surface area contributed by atoms with Crippen LogP contribution in [0, 0.1) is 6.92 Å². The van der Waals surface area contributed by atoms with Crippen LogP contribution >= 0.6 is 0 Å². The van der Waals surface area contributed by atoms with Crippen LogP contribution in [0.15, 0.2) is 17.1 Å². The minimum Gasteiger partial charge on any atom is -0.507 e. The molecule has 0 radical (unpaired) electrons. The van der Waals surface area contributed by atoms with Crippen LogP contribution in [-0.2, 0) is 5.41 Å². The summed E-state index contributed by atoms with van der Waals surface area (Å²) in [7, 11) is 0. The summed E-state index contributed by atoms with van der Waals surface area (Å²) >= 11 is 0. The number of benzene rings is 1. The summed E-state index contributed by atoms with van der Waals surface area (Å²) in [5.74, 6) is 0.308. The van der Waals surface area contributed by atoms with Gasteiger partial charge in [-0.3, -0.25) is 4.99 Å². The van der Waals surface area contributed by atoms with E-state index in [2.05, 4.69) is 25.8 Å². The molecular formula is C18H27NO2. The van der Waals surface area contributed by atoms with Crippen LogP contribution in [0.5, 0.6) is 5.75 Å². The number of nitrogens with zero attached hydrogens (tertiary/aromatic N) is 1. The standard InChI is InChI=1S/C18H27NO2/c1-12-9-13(17(21)14(10-12)18(2,3)4)11-19-15-7-5-6-8-16(15)20/h9-11,15-16,20-21H,5-8H2,1-4H3. The van der Waals surface area contributed by atoms with Gasteiger partial charge in [-0.2, -0.15) is 0 Å². The number of aliphatic hydroxyl groups is 1. The van der Waals surface area contributed by atoms with E-state index in [0.717, 1.165) is 42.4 Å². The van der Waals surface area contributed by atoms with E-state index in [9.17, 15) is 10.2 Å². The molecule has 3 nitrogen and oxygen atoms in total. The Hall–Kier alpha value is -1.35. The Bertz CT molecular complexity index is 529. The van der Waals surface area contributed by atoms with E-state index in [1.54, 1.807) is 6.21 Å². The smallest absolute Gasteiger partial charge is 0.128 e. The van der Waals surface area contributed by atoms with Crippen molar-refractivity contribution < 1.29 is 10.2 Å². The molecular weight excluding hydrogens is 262 g/mol. The van der Waals surface area contributed by atoms with E-state index in [1.165, 1.54) is 0 Å². The summed E-state index contributed by atoms with van der Waals surface area (Å²) in [6.45, 7) is 8.30. The molecule has 1 aromatic carbocycles. The second-order valence-electron chi connectivity index (χ2n) is 7.20. The van der Waals surface area contributed by atoms with Gasteiger partial charge in [0.1, 0.15) is 5.75 Å². The predicted molar refractivity (Wildman–Crippen MR) is 87.4 cm³/mol.